The van der Waals surface area contributed by atoms with Gasteiger partial charge in [-0.1, -0.05) is 12.1 Å². The van der Waals surface area contributed by atoms with Crippen LogP contribution in [0.4, 0.5) is 0 Å². The van der Waals surface area contributed by atoms with Crippen molar-refractivity contribution in [2.75, 3.05) is 19.3 Å². The number of amides is 1. The van der Waals surface area contributed by atoms with Gasteiger partial charge < -0.3 is 10.0 Å². The van der Waals surface area contributed by atoms with E-state index in [4.69, 9.17) is 5.11 Å². The summed E-state index contributed by atoms with van der Waals surface area (Å²) in [6.07, 6.45) is 0.329. The number of halogens is 1. The first-order valence-corrected chi connectivity index (χ1v) is 7.11. The van der Waals surface area contributed by atoms with E-state index in [1.54, 1.807) is 11.8 Å². The Kier molecular flexibility index (Phi) is 6.21. The molecule has 0 heterocycles. The quantitative estimate of drug-likeness (QED) is 0.813. The molecule has 0 saturated heterocycles. The van der Waals surface area contributed by atoms with E-state index in [1.807, 2.05) is 24.3 Å². The summed E-state index contributed by atoms with van der Waals surface area (Å²) < 4.78 is 1.00. The molecule has 18 heavy (non-hydrogen) atoms. The largest absolute Gasteiger partial charge is 0.480 e. The van der Waals surface area contributed by atoms with Crippen molar-refractivity contribution in [1.82, 2.24) is 4.90 Å². The van der Waals surface area contributed by atoms with E-state index >= 15 is 0 Å². The molecule has 0 aliphatic carbocycles. The minimum absolute atomic E-state index is 0.156. The lowest BCUT2D eigenvalue weighted by Gasteiger charge is -2.14. The van der Waals surface area contributed by atoms with E-state index in [0.29, 0.717) is 12.2 Å². The van der Waals surface area contributed by atoms with Crippen LogP contribution in [0.2, 0.25) is 0 Å². The van der Waals surface area contributed by atoms with Crippen LogP contribution in [0.25, 0.3) is 0 Å². The molecule has 0 aliphatic rings. The van der Waals surface area contributed by atoms with Crippen molar-refractivity contribution in [2.45, 2.75) is 11.3 Å². The smallest absolute Gasteiger partial charge is 0.323 e. The van der Waals surface area contributed by atoms with E-state index in [0.717, 1.165) is 9.37 Å². The summed E-state index contributed by atoms with van der Waals surface area (Å²) >= 11 is 5.00. The lowest BCUT2D eigenvalue weighted by atomic mass is 10.4. The highest BCUT2D eigenvalue weighted by atomic mass is 79.9. The standard InChI is InChI=1S/C12H14BrNO3S/c1-14(8-12(16)17)11(15)6-7-18-10-5-3-2-4-9(10)13/h2-5H,6-8H2,1H3,(H,16,17). The molecule has 1 amide bonds. The number of carbonyl (C=O) groups is 2. The van der Waals surface area contributed by atoms with Gasteiger partial charge in [-0.05, 0) is 28.1 Å². The third kappa shape index (κ3) is 5.10. The molecular formula is C12H14BrNO3S. The SMILES string of the molecule is CN(CC(=O)O)C(=O)CCSc1ccccc1Br. The first-order valence-electron chi connectivity index (χ1n) is 5.34. The molecule has 0 bridgehead atoms. The van der Waals surface area contributed by atoms with Gasteiger partial charge in [0, 0.05) is 28.6 Å². The van der Waals surface area contributed by atoms with Gasteiger partial charge in [0.25, 0.3) is 0 Å². The Morgan fingerprint density at radius 1 is 1.39 bits per heavy atom. The summed E-state index contributed by atoms with van der Waals surface area (Å²) in [5, 5.41) is 8.57. The third-order valence-corrected chi connectivity index (χ3v) is 4.24. The molecule has 1 aromatic carbocycles. The summed E-state index contributed by atoms with van der Waals surface area (Å²) in [6, 6.07) is 7.78. The summed E-state index contributed by atoms with van der Waals surface area (Å²) in [5.74, 6) is -0.521. The number of hydrogen-bond donors (Lipinski definition) is 1. The number of carboxylic acids is 1. The number of benzene rings is 1. The maximum absolute atomic E-state index is 11.6. The predicted molar refractivity (Wildman–Crippen MR) is 74.8 cm³/mol. The number of likely N-dealkylation sites (N-methyl/N-ethyl adjacent to an activating group) is 1. The highest BCUT2D eigenvalue weighted by Crippen LogP contribution is 2.27. The zero-order valence-electron chi connectivity index (χ0n) is 9.93. The molecule has 1 aromatic rings. The minimum Gasteiger partial charge on any atom is -0.480 e. The number of carboxylic acid groups (broad SMARTS) is 1. The first kappa shape index (κ1) is 15.0. The van der Waals surface area contributed by atoms with Crippen LogP contribution in [0.1, 0.15) is 6.42 Å². The van der Waals surface area contributed by atoms with E-state index in [9.17, 15) is 9.59 Å². The highest BCUT2D eigenvalue weighted by Gasteiger charge is 2.11. The van der Waals surface area contributed by atoms with Crippen molar-refractivity contribution in [1.29, 1.82) is 0 Å². The molecule has 0 spiro atoms. The number of aliphatic carboxylic acids is 1. The van der Waals surface area contributed by atoms with E-state index < -0.39 is 5.97 Å². The van der Waals surface area contributed by atoms with Crippen molar-refractivity contribution in [3.63, 3.8) is 0 Å². The second-order valence-electron chi connectivity index (χ2n) is 3.67. The number of nitrogens with zero attached hydrogens (tertiary/aromatic N) is 1. The number of hydrogen-bond acceptors (Lipinski definition) is 3. The van der Waals surface area contributed by atoms with Crippen LogP contribution in [0.3, 0.4) is 0 Å². The fourth-order valence-electron chi connectivity index (χ4n) is 1.29. The Labute approximate surface area is 118 Å². The summed E-state index contributed by atoms with van der Waals surface area (Å²) in [5.41, 5.74) is 0. The van der Waals surface area contributed by atoms with Crippen LogP contribution >= 0.6 is 27.7 Å². The Balaban J connectivity index is 2.36. The molecule has 0 aliphatic heterocycles. The van der Waals surface area contributed by atoms with Gasteiger partial charge in [-0.2, -0.15) is 0 Å². The molecule has 98 valence electrons. The van der Waals surface area contributed by atoms with Crippen LogP contribution in [-0.2, 0) is 9.59 Å². The molecule has 6 heteroatoms. The van der Waals surface area contributed by atoms with Crippen LogP contribution < -0.4 is 0 Å². The molecule has 1 rings (SSSR count). The average Bonchev–Trinajstić information content (AvgIpc) is 2.30. The first-order chi connectivity index (χ1) is 8.50. The van der Waals surface area contributed by atoms with Gasteiger partial charge in [-0.15, -0.1) is 11.8 Å². The van der Waals surface area contributed by atoms with E-state index in [1.165, 1.54) is 11.9 Å². The molecule has 0 radical (unpaired) electrons. The molecule has 0 unspecified atom stereocenters. The van der Waals surface area contributed by atoms with Crippen LogP contribution in [-0.4, -0.2) is 41.2 Å². The summed E-state index contributed by atoms with van der Waals surface area (Å²) in [7, 11) is 1.50. The zero-order valence-corrected chi connectivity index (χ0v) is 12.3. The van der Waals surface area contributed by atoms with Crippen molar-refractivity contribution >= 4 is 39.6 Å². The summed E-state index contributed by atoms with van der Waals surface area (Å²) in [4.78, 5) is 24.3. The fraction of sp³-hybridized carbons (Fsp3) is 0.333. The Morgan fingerprint density at radius 2 is 2.06 bits per heavy atom. The number of carbonyl (C=O) groups excluding carboxylic acids is 1. The molecule has 1 N–H and O–H groups in total. The number of rotatable bonds is 6. The Bertz CT molecular complexity index is 439. The zero-order chi connectivity index (χ0) is 13.5. The lowest BCUT2D eigenvalue weighted by molar-refractivity contribution is -0.143. The molecule has 0 atom stereocenters. The van der Waals surface area contributed by atoms with Crippen LogP contribution in [0, 0.1) is 0 Å². The van der Waals surface area contributed by atoms with Gasteiger partial charge in [0.2, 0.25) is 5.91 Å². The van der Waals surface area contributed by atoms with E-state index in [-0.39, 0.29) is 12.5 Å². The van der Waals surface area contributed by atoms with Crippen molar-refractivity contribution in [3.05, 3.63) is 28.7 Å². The molecule has 0 fully saturated rings. The van der Waals surface area contributed by atoms with Gasteiger partial charge in [0.15, 0.2) is 0 Å². The third-order valence-electron chi connectivity index (χ3n) is 2.21. The molecule has 0 saturated carbocycles. The Hall–Kier alpha value is -1.01. The van der Waals surface area contributed by atoms with Crippen LogP contribution in [0.15, 0.2) is 33.6 Å². The van der Waals surface area contributed by atoms with Crippen molar-refractivity contribution < 1.29 is 14.7 Å². The normalized spacial score (nSPS) is 10.1. The van der Waals surface area contributed by atoms with Gasteiger partial charge in [-0.25, -0.2) is 0 Å². The molecule has 4 nitrogen and oxygen atoms in total. The topological polar surface area (TPSA) is 57.6 Å². The molecule has 0 aromatic heterocycles. The Morgan fingerprint density at radius 3 is 2.67 bits per heavy atom. The maximum Gasteiger partial charge on any atom is 0.323 e. The second kappa shape index (κ2) is 7.43. The lowest BCUT2D eigenvalue weighted by Crippen LogP contribution is -2.32. The van der Waals surface area contributed by atoms with Gasteiger partial charge in [0.05, 0.1) is 0 Å². The summed E-state index contributed by atoms with van der Waals surface area (Å²) in [6.45, 7) is -0.251. The fourth-order valence-corrected chi connectivity index (χ4v) is 2.80. The highest BCUT2D eigenvalue weighted by molar-refractivity contribution is 9.10. The second-order valence-corrected chi connectivity index (χ2v) is 5.66. The van der Waals surface area contributed by atoms with Crippen molar-refractivity contribution in [2.24, 2.45) is 0 Å². The van der Waals surface area contributed by atoms with Gasteiger partial charge in [-0.3, -0.25) is 9.59 Å². The maximum atomic E-state index is 11.6. The molecular weight excluding hydrogens is 318 g/mol. The minimum atomic E-state index is -0.996. The average molecular weight is 332 g/mol. The van der Waals surface area contributed by atoms with Gasteiger partial charge >= 0.3 is 5.97 Å². The predicted octanol–water partition coefficient (Wildman–Crippen LogP) is 2.47. The van der Waals surface area contributed by atoms with Crippen LogP contribution in [0.5, 0.6) is 0 Å². The van der Waals surface area contributed by atoms with E-state index in [2.05, 4.69) is 15.9 Å². The van der Waals surface area contributed by atoms with Crippen molar-refractivity contribution in [3.8, 4) is 0 Å². The number of thioether (sulfide) groups is 1. The monoisotopic (exact) mass is 331 g/mol. The van der Waals surface area contributed by atoms with Gasteiger partial charge in [0.1, 0.15) is 6.54 Å².